The summed E-state index contributed by atoms with van der Waals surface area (Å²) in [6, 6.07) is 4.10. The second-order valence-electron chi connectivity index (χ2n) is 5.88. The van der Waals surface area contributed by atoms with Crippen molar-refractivity contribution in [2.24, 2.45) is 5.92 Å². The molecule has 1 aromatic heterocycles. The molecule has 0 bridgehead atoms. The summed E-state index contributed by atoms with van der Waals surface area (Å²) in [5.74, 6) is 3.59. The second kappa shape index (κ2) is 6.94. The summed E-state index contributed by atoms with van der Waals surface area (Å²) in [6.07, 6.45) is 2.03. The van der Waals surface area contributed by atoms with E-state index in [2.05, 4.69) is 18.3 Å². The van der Waals surface area contributed by atoms with Gasteiger partial charge in [0.15, 0.2) is 0 Å². The highest BCUT2D eigenvalue weighted by atomic mass is 32.2. The fraction of sp³-hybridized carbons (Fsp3) is 0.733. The lowest BCUT2D eigenvalue weighted by molar-refractivity contribution is 0.429. The van der Waals surface area contributed by atoms with Crippen LogP contribution in [0, 0.1) is 5.92 Å². The minimum Gasteiger partial charge on any atom is -0.464 e. The molecule has 1 aliphatic rings. The summed E-state index contributed by atoms with van der Waals surface area (Å²) in [7, 11) is -1.42. The zero-order valence-corrected chi connectivity index (χ0v) is 13.9. The van der Waals surface area contributed by atoms with Crippen LogP contribution in [0.1, 0.15) is 44.1 Å². The lowest BCUT2D eigenvalue weighted by atomic mass is 10.3. The van der Waals surface area contributed by atoms with E-state index in [1.54, 1.807) is 14.0 Å². The van der Waals surface area contributed by atoms with Crippen molar-refractivity contribution in [1.82, 2.24) is 9.62 Å². The molecule has 6 heteroatoms. The number of rotatable bonds is 9. The van der Waals surface area contributed by atoms with Gasteiger partial charge in [0.1, 0.15) is 11.5 Å². The maximum Gasteiger partial charge on any atom is 0.213 e. The minimum atomic E-state index is -3.06. The van der Waals surface area contributed by atoms with Gasteiger partial charge in [-0.1, -0.05) is 6.92 Å². The third-order valence-electron chi connectivity index (χ3n) is 4.12. The van der Waals surface area contributed by atoms with Crippen LogP contribution in [0.4, 0.5) is 0 Å². The largest absolute Gasteiger partial charge is 0.464 e. The minimum absolute atomic E-state index is 0.158. The quantitative estimate of drug-likeness (QED) is 0.710. The van der Waals surface area contributed by atoms with E-state index in [0.29, 0.717) is 19.0 Å². The van der Waals surface area contributed by atoms with Gasteiger partial charge in [0, 0.05) is 19.5 Å². The van der Waals surface area contributed by atoms with Gasteiger partial charge in [0.25, 0.3) is 0 Å². The molecule has 0 aromatic carbocycles. The van der Waals surface area contributed by atoms with E-state index in [4.69, 9.17) is 4.42 Å². The maximum absolute atomic E-state index is 11.6. The summed E-state index contributed by atoms with van der Waals surface area (Å²) in [6.45, 7) is 5.93. The average molecular weight is 314 g/mol. The summed E-state index contributed by atoms with van der Waals surface area (Å²) in [5, 5.41) is 3.30. The topological polar surface area (TPSA) is 62.6 Å². The predicted molar refractivity (Wildman–Crippen MR) is 83.6 cm³/mol. The number of nitrogens with one attached hydrogen (secondary N) is 1. The van der Waals surface area contributed by atoms with Gasteiger partial charge < -0.3 is 9.73 Å². The van der Waals surface area contributed by atoms with Crippen LogP contribution in [0.15, 0.2) is 16.5 Å². The summed E-state index contributed by atoms with van der Waals surface area (Å²) >= 11 is 0. The van der Waals surface area contributed by atoms with E-state index in [1.165, 1.54) is 10.7 Å². The first-order valence-corrected chi connectivity index (χ1v) is 9.28. The molecule has 120 valence electrons. The molecule has 0 aliphatic heterocycles. The molecule has 2 atom stereocenters. The van der Waals surface area contributed by atoms with Crippen LogP contribution in [-0.4, -0.2) is 38.6 Å². The van der Waals surface area contributed by atoms with Crippen molar-refractivity contribution in [3.63, 3.8) is 0 Å². The Labute approximate surface area is 127 Å². The van der Waals surface area contributed by atoms with E-state index in [0.717, 1.165) is 30.4 Å². The van der Waals surface area contributed by atoms with Crippen LogP contribution in [0.5, 0.6) is 0 Å². The normalized spacial score (nSPS) is 21.9. The van der Waals surface area contributed by atoms with Crippen molar-refractivity contribution < 1.29 is 12.8 Å². The Balaban J connectivity index is 1.63. The lowest BCUT2D eigenvalue weighted by Crippen LogP contribution is -2.31. The van der Waals surface area contributed by atoms with E-state index in [9.17, 15) is 8.42 Å². The fourth-order valence-corrected chi connectivity index (χ4v) is 3.25. The smallest absolute Gasteiger partial charge is 0.213 e. The molecular weight excluding hydrogens is 288 g/mol. The Morgan fingerprint density at radius 1 is 1.43 bits per heavy atom. The van der Waals surface area contributed by atoms with Crippen LogP contribution in [0.3, 0.4) is 0 Å². The fourth-order valence-electron chi connectivity index (χ4n) is 2.41. The van der Waals surface area contributed by atoms with Gasteiger partial charge in [-0.05, 0) is 44.4 Å². The van der Waals surface area contributed by atoms with Crippen molar-refractivity contribution in [3.05, 3.63) is 23.7 Å². The predicted octanol–water partition coefficient (Wildman–Crippen LogP) is 2.16. The van der Waals surface area contributed by atoms with Crippen LogP contribution < -0.4 is 5.32 Å². The van der Waals surface area contributed by atoms with E-state index in [1.807, 2.05) is 6.07 Å². The first-order valence-electron chi connectivity index (χ1n) is 7.67. The van der Waals surface area contributed by atoms with Gasteiger partial charge in [-0.25, -0.2) is 12.7 Å². The number of hydrogen-bond donors (Lipinski definition) is 1. The summed E-state index contributed by atoms with van der Waals surface area (Å²) in [4.78, 5) is 0. The average Bonchev–Trinajstić information content (AvgIpc) is 3.00. The Bertz CT molecular complexity index is 553. The SMILES string of the molecule is CCS(=O)(=O)N(C)CCCNCc1ccc(C2CC2C)o1. The molecule has 21 heavy (non-hydrogen) atoms. The van der Waals surface area contributed by atoms with Crippen LogP contribution in [0.2, 0.25) is 0 Å². The van der Waals surface area contributed by atoms with Crippen molar-refractivity contribution >= 4 is 10.0 Å². The van der Waals surface area contributed by atoms with Gasteiger partial charge in [-0.2, -0.15) is 0 Å². The van der Waals surface area contributed by atoms with E-state index in [-0.39, 0.29) is 5.75 Å². The van der Waals surface area contributed by atoms with Gasteiger partial charge in [0.05, 0.1) is 12.3 Å². The van der Waals surface area contributed by atoms with Crippen molar-refractivity contribution in [3.8, 4) is 0 Å². The van der Waals surface area contributed by atoms with Crippen LogP contribution >= 0.6 is 0 Å². The third kappa shape index (κ3) is 4.56. The molecule has 2 rings (SSSR count). The molecule has 0 saturated heterocycles. The molecule has 1 aliphatic carbocycles. The van der Waals surface area contributed by atoms with Crippen molar-refractivity contribution in [2.75, 3.05) is 25.9 Å². The first kappa shape index (κ1) is 16.5. The standard InChI is InChI=1S/C15H26N2O3S/c1-4-21(18,19)17(3)9-5-8-16-11-13-6-7-15(20-13)14-10-12(14)2/h6-7,12,14,16H,4-5,8-11H2,1-3H3. The maximum atomic E-state index is 11.6. The Morgan fingerprint density at radius 3 is 2.76 bits per heavy atom. The van der Waals surface area contributed by atoms with Gasteiger partial charge in [0.2, 0.25) is 10.0 Å². The van der Waals surface area contributed by atoms with E-state index < -0.39 is 10.0 Å². The Morgan fingerprint density at radius 2 is 2.14 bits per heavy atom. The number of nitrogens with zero attached hydrogens (tertiary/aromatic N) is 1. The molecule has 1 aromatic rings. The zero-order chi connectivity index (χ0) is 15.5. The van der Waals surface area contributed by atoms with Crippen LogP contribution in [0.25, 0.3) is 0 Å². The van der Waals surface area contributed by atoms with Gasteiger partial charge >= 0.3 is 0 Å². The molecule has 2 unspecified atom stereocenters. The molecule has 1 saturated carbocycles. The van der Waals surface area contributed by atoms with E-state index >= 15 is 0 Å². The molecule has 0 amide bonds. The highest BCUT2D eigenvalue weighted by Gasteiger charge is 2.36. The Kier molecular flexibility index (Phi) is 5.46. The van der Waals surface area contributed by atoms with Gasteiger partial charge in [-0.15, -0.1) is 0 Å². The molecule has 0 radical (unpaired) electrons. The highest BCUT2D eigenvalue weighted by Crippen LogP contribution is 2.47. The molecule has 1 heterocycles. The van der Waals surface area contributed by atoms with Crippen molar-refractivity contribution in [2.45, 2.75) is 39.2 Å². The first-order chi connectivity index (χ1) is 9.94. The third-order valence-corrected chi connectivity index (χ3v) is 5.98. The number of furan rings is 1. The highest BCUT2D eigenvalue weighted by molar-refractivity contribution is 7.89. The number of hydrogen-bond acceptors (Lipinski definition) is 4. The molecule has 1 fully saturated rings. The summed E-state index contributed by atoms with van der Waals surface area (Å²) in [5.41, 5.74) is 0. The number of sulfonamides is 1. The lowest BCUT2D eigenvalue weighted by Gasteiger charge is -2.15. The molecule has 1 N–H and O–H groups in total. The second-order valence-corrected chi connectivity index (χ2v) is 8.24. The van der Waals surface area contributed by atoms with Crippen molar-refractivity contribution in [1.29, 1.82) is 0 Å². The monoisotopic (exact) mass is 314 g/mol. The van der Waals surface area contributed by atoms with Crippen LogP contribution in [-0.2, 0) is 16.6 Å². The summed E-state index contributed by atoms with van der Waals surface area (Å²) < 4.78 is 30.4. The van der Waals surface area contributed by atoms with Gasteiger partial charge in [-0.3, -0.25) is 0 Å². The zero-order valence-electron chi connectivity index (χ0n) is 13.1. The molecule has 0 spiro atoms. The molecule has 5 nitrogen and oxygen atoms in total. The molecular formula is C15H26N2O3S. The Hall–Kier alpha value is -0.850.